The van der Waals surface area contributed by atoms with E-state index in [9.17, 15) is 9.59 Å². The highest BCUT2D eigenvalue weighted by molar-refractivity contribution is 5.84. The van der Waals surface area contributed by atoms with Crippen molar-refractivity contribution in [3.05, 3.63) is 0 Å². The molecule has 0 saturated carbocycles. The molecule has 0 spiro atoms. The Morgan fingerprint density at radius 2 is 1.57 bits per heavy atom. The first-order valence-electron chi connectivity index (χ1n) is 7.99. The minimum atomic E-state index is -0.597. The number of hydrogen-bond donors (Lipinski definition) is 1. The molecule has 0 bridgehead atoms. The molecule has 21 heavy (non-hydrogen) atoms. The van der Waals surface area contributed by atoms with Crippen LogP contribution in [0.25, 0.3) is 0 Å². The maximum absolute atomic E-state index is 12.3. The lowest BCUT2D eigenvalue weighted by atomic mass is 10.0. The van der Waals surface area contributed by atoms with Gasteiger partial charge in [-0.1, -0.05) is 26.7 Å². The summed E-state index contributed by atoms with van der Waals surface area (Å²) >= 11 is 0. The molecule has 1 atom stereocenters. The summed E-state index contributed by atoms with van der Waals surface area (Å²) in [4.78, 5) is 26.4. The van der Waals surface area contributed by atoms with E-state index in [0.717, 1.165) is 25.9 Å². The first-order chi connectivity index (χ1) is 9.70. The number of hydrogen-bond acceptors (Lipinski definition) is 3. The molecule has 0 aromatic rings. The summed E-state index contributed by atoms with van der Waals surface area (Å²) in [6.45, 7) is 10.9. The van der Waals surface area contributed by atoms with E-state index in [1.165, 1.54) is 12.8 Å². The fourth-order valence-corrected chi connectivity index (χ4v) is 2.36. The third-order valence-electron chi connectivity index (χ3n) is 3.50. The second-order valence-electron chi connectivity index (χ2n) is 7.11. The van der Waals surface area contributed by atoms with Crippen molar-refractivity contribution in [3.63, 3.8) is 0 Å². The van der Waals surface area contributed by atoms with Crippen LogP contribution in [0.5, 0.6) is 0 Å². The van der Waals surface area contributed by atoms with Gasteiger partial charge in [-0.05, 0) is 39.5 Å². The second-order valence-corrected chi connectivity index (χ2v) is 7.11. The number of carbonyl (C=O) groups is 2. The smallest absolute Gasteiger partial charge is 0.329 e. The zero-order chi connectivity index (χ0) is 16.0. The molecule has 1 heterocycles. The fraction of sp³-hybridized carbons (Fsp3) is 0.875. The van der Waals surface area contributed by atoms with Gasteiger partial charge in [0.25, 0.3) is 0 Å². The number of carbonyl (C=O) groups excluding carboxylic acids is 2. The van der Waals surface area contributed by atoms with Gasteiger partial charge in [0, 0.05) is 13.1 Å². The first-order valence-corrected chi connectivity index (χ1v) is 7.99. The summed E-state index contributed by atoms with van der Waals surface area (Å²) < 4.78 is 5.40. The molecule has 1 aliphatic rings. The molecule has 0 aromatic carbocycles. The third-order valence-corrected chi connectivity index (χ3v) is 3.50. The zero-order valence-electron chi connectivity index (χ0n) is 14.1. The third kappa shape index (κ3) is 6.36. The molecule has 1 aliphatic heterocycles. The van der Waals surface area contributed by atoms with Crippen LogP contribution >= 0.6 is 0 Å². The number of rotatable bonds is 3. The molecule has 5 nitrogen and oxygen atoms in total. The summed E-state index contributed by atoms with van der Waals surface area (Å²) in [5, 5.41) is 2.85. The highest BCUT2D eigenvalue weighted by atomic mass is 16.6. The quantitative estimate of drug-likeness (QED) is 0.815. The minimum absolute atomic E-state index is 0.00391. The van der Waals surface area contributed by atoms with Crippen LogP contribution in [-0.4, -0.2) is 41.6 Å². The van der Waals surface area contributed by atoms with E-state index in [1.54, 1.807) is 0 Å². The standard InChI is InChI=1S/C16H30N2O3/c1-12(2)13(14(19)21-16(3,4)5)17-15(20)18-10-8-6-7-9-11-18/h12-13H,6-11H2,1-5H3,(H,17,20)/t13-/m0/s1. The van der Waals surface area contributed by atoms with Gasteiger partial charge in [0.2, 0.25) is 0 Å². The molecule has 1 fully saturated rings. The summed E-state index contributed by atoms with van der Waals surface area (Å²) in [7, 11) is 0. The molecule has 1 saturated heterocycles. The van der Waals surface area contributed by atoms with E-state index >= 15 is 0 Å². The predicted octanol–water partition coefficient (Wildman–Crippen LogP) is 2.94. The molecule has 5 heteroatoms. The van der Waals surface area contributed by atoms with Crippen molar-refractivity contribution < 1.29 is 14.3 Å². The Labute approximate surface area is 128 Å². The van der Waals surface area contributed by atoms with Gasteiger partial charge in [0.05, 0.1) is 0 Å². The SMILES string of the molecule is CC(C)[C@H](NC(=O)N1CCCCCC1)C(=O)OC(C)(C)C. The molecule has 0 aliphatic carbocycles. The molecule has 1 rings (SSSR count). The second kappa shape index (κ2) is 7.66. The number of esters is 1. The Morgan fingerprint density at radius 1 is 1.05 bits per heavy atom. The van der Waals surface area contributed by atoms with Crippen LogP contribution in [0, 0.1) is 5.92 Å². The fourth-order valence-electron chi connectivity index (χ4n) is 2.36. The van der Waals surface area contributed by atoms with Gasteiger partial charge in [0.1, 0.15) is 11.6 Å². The van der Waals surface area contributed by atoms with Crippen molar-refractivity contribution >= 4 is 12.0 Å². The Morgan fingerprint density at radius 3 is 2.00 bits per heavy atom. The lowest BCUT2D eigenvalue weighted by molar-refractivity contribution is -0.158. The van der Waals surface area contributed by atoms with Crippen molar-refractivity contribution in [1.82, 2.24) is 10.2 Å². The Hall–Kier alpha value is -1.26. The molecular formula is C16H30N2O3. The highest BCUT2D eigenvalue weighted by Crippen LogP contribution is 2.14. The number of nitrogens with one attached hydrogen (secondary N) is 1. The summed E-state index contributed by atoms with van der Waals surface area (Å²) in [6.07, 6.45) is 4.41. The van der Waals surface area contributed by atoms with E-state index in [2.05, 4.69) is 5.32 Å². The van der Waals surface area contributed by atoms with E-state index < -0.39 is 11.6 Å². The normalized spacial score (nSPS) is 18.1. The van der Waals surface area contributed by atoms with Crippen molar-refractivity contribution in [1.29, 1.82) is 0 Å². The van der Waals surface area contributed by atoms with Crippen molar-refractivity contribution in [2.24, 2.45) is 5.92 Å². The Kier molecular flexibility index (Phi) is 6.49. The van der Waals surface area contributed by atoms with Crippen molar-refractivity contribution in [2.45, 2.75) is 71.9 Å². The molecule has 2 amide bonds. The van der Waals surface area contributed by atoms with Gasteiger partial charge in [-0.3, -0.25) is 0 Å². The van der Waals surface area contributed by atoms with Crippen LogP contribution < -0.4 is 5.32 Å². The minimum Gasteiger partial charge on any atom is -0.458 e. The highest BCUT2D eigenvalue weighted by Gasteiger charge is 2.30. The number of nitrogens with zero attached hydrogens (tertiary/aromatic N) is 1. The van der Waals surface area contributed by atoms with Gasteiger partial charge < -0.3 is 15.0 Å². The lowest BCUT2D eigenvalue weighted by Crippen LogP contribution is -2.51. The summed E-state index contributed by atoms with van der Waals surface area (Å²) in [6, 6.07) is -0.749. The number of likely N-dealkylation sites (tertiary alicyclic amines) is 1. The van der Waals surface area contributed by atoms with Gasteiger partial charge in [-0.2, -0.15) is 0 Å². The summed E-state index contributed by atoms with van der Waals surface area (Å²) in [5.74, 6) is -0.364. The zero-order valence-corrected chi connectivity index (χ0v) is 14.1. The van der Waals surface area contributed by atoms with Gasteiger partial charge >= 0.3 is 12.0 Å². The first kappa shape index (κ1) is 17.8. The Bertz CT molecular complexity index is 353. The number of urea groups is 1. The van der Waals surface area contributed by atoms with Gasteiger partial charge in [-0.15, -0.1) is 0 Å². The molecule has 0 aromatic heterocycles. The van der Waals surface area contributed by atoms with Crippen LogP contribution in [0.4, 0.5) is 4.79 Å². The molecule has 0 radical (unpaired) electrons. The maximum Gasteiger partial charge on any atom is 0.329 e. The molecule has 0 unspecified atom stereocenters. The lowest BCUT2D eigenvalue weighted by Gasteiger charge is -2.29. The van der Waals surface area contributed by atoms with Gasteiger partial charge in [0.15, 0.2) is 0 Å². The van der Waals surface area contributed by atoms with Crippen LogP contribution in [0.1, 0.15) is 60.3 Å². The van der Waals surface area contributed by atoms with Crippen LogP contribution in [0.3, 0.4) is 0 Å². The van der Waals surface area contributed by atoms with E-state index in [-0.39, 0.29) is 17.9 Å². The van der Waals surface area contributed by atoms with E-state index in [0.29, 0.717) is 0 Å². The summed E-state index contributed by atoms with van der Waals surface area (Å²) in [5.41, 5.74) is -0.544. The van der Waals surface area contributed by atoms with Crippen LogP contribution in [0.2, 0.25) is 0 Å². The predicted molar refractivity (Wildman–Crippen MR) is 83.0 cm³/mol. The number of amides is 2. The van der Waals surface area contributed by atoms with E-state index in [1.807, 2.05) is 39.5 Å². The molecule has 1 N–H and O–H groups in total. The number of ether oxygens (including phenoxy) is 1. The monoisotopic (exact) mass is 298 g/mol. The van der Waals surface area contributed by atoms with Crippen LogP contribution in [-0.2, 0) is 9.53 Å². The molecule has 122 valence electrons. The van der Waals surface area contributed by atoms with Crippen molar-refractivity contribution in [2.75, 3.05) is 13.1 Å². The van der Waals surface area contributed by atoms with Crippen molar-refractivity contribution in [3.8, 4) is 0 Å². The average Bonchev–Trinajstić information content (AvgIpc) is 2.61. The largest absolute Gasteiger partial charge is 0.458 e. The topological polar surface area (TPSA) is 58.6 Å². The Balaban J connectivity index is 2.64. The average molecular weight is 298 g/mol. The van der Waals surface area contributed by atoms with Gasteiger partial charge in [-0.25, -0.2) is 9.59 Å². The molecular weight excluding hydrogens is 268 g/mol. The maximum atomic E-state index is 12.3. The van der Waals surface area contributed by atoms with Crippen LogP contribution in [0.15, 0.2) is 0 Å². The van der Waals surface area contributed by atoms with E-state index in [4.69, 9.17) is 4.74 Å².